The fourth-order valence-electron chi connectivity index (χ4n) is 2.18. The molecule has 1 aromatic carbocycles. The summed E-state index contributed by atoms with van der Waals surface area (Å²) in [6.45, 7) is 2.13. The van der Waals surface area contributed by atoms with Crippen LogP contribution in [0.5, 0.6) is 0 Å². The van der Waals surface area contributed by atoms with Gasteiger partial charge in [0, 0.05) is 11.4 Å². The highest BCUT2D eigenvalue weighted by Crippen LogP contribution is 2.31. The second-order valence-corrected chi connectivity index (χ2v) is 4.80. The van der Waals surface area contributed by atoms with Crippen molar-refractivity contribution in [1.82, 2.24) is 5.32 Å². The van der Waals surface area contributed by atoms with Gasteiger partial charge in [0.05, 0.1) is 0 Å². The SMILES string of the molecule is c1csc(-c2cccc3c2CNCC3)c1. The van der Waals surface area contributed by atoms with Crippen LogP contribution >= 0.6 is 11.3 Å². The molecule has 0 atom stereocenters. The van der Waals surface area contributed by atoms with Crippen molar-refractivity contribution in [1.29, 1.82) is 0 Å². The van der Waals surface area contributed by atoms with E-state index in [-0.39, 0.29) is 0 Å². The van der Waals surface area contributed by atoms with E-state index in [0.717, 1.165) is 19.5 Å². The highest BCUT2D eigenvalue weighted by Gasteiger charge is 2.13. The van der Waals surface area contributed by atoms with Crippen LogP contribution in [-0.4, -0.2) is 6.54 Å². The zero-order valence-corrected chi connectivity index (χ0v) is 9.31. The number of rotatable bonds is 1. The van der Waals surface area contributed by atoms with E-state index in [2.05, 4.69) is 41.0 Å². The molecule has 0 amide bonds. The zero-order chi connectivity index (χ0) is 10.1. The first-order valence-electron chi connectivity index (χ1n) is 5.30. The maximum Gasteiger partial charge on any atom is 0.0346 e. The minimum absolute atomic E-state index is 1.02. The first-order chi connectivity index (χ1) is 7.45. The monoisotopic (exact) mass is 215 g/mol. The molecule has 0 unspecified atom stereocenters. The molecule has 15 heavy (non-hydrogen) atoms. The van der Waals surface area contributed by atoms with Crippen LogP contribution in [0.25, 0.3) is 10.4 Å². The van der Waals surface area contributed by atoms with Gasteiger partial charge in [-0.05, 0) is 41.1 Å². The zero-order valence-electron chi connectivity index (χ0n) is 8.49. The molecule has 2 heterocycles. The van der Waals surface area contributed by atoms with Crippen molar-refractivity contribution in [2.45, 2.75) is 13.0 Å². The topological polar surface area (TPSA) is 12.0 Å². The number of fused-ring (bicyclic) bond motifs is 1. The molecule has 0 saturated heterocycles. The molecule has 0 radical (unpaired) electrons. The van der Waals surface area contributed by atoms with E-state index in [1.807, 2.05) is 11.3 Å². The lowest BCUT2D eigenvalue weighted by molar-refractivity contribution is 0.645. The van der Waals surface area contributed by atoms with E-state index < -0.39 is 0 Å². The Labute approximate surface area is 93.8 Å². The maximum atomic E-state index is 3.45. The molecular formula is C13H13NS. The van der Waals surface area contributed by atoms with Crippen LogP contribution < -0.4 is 5.32 Å². The lowest BCUT2D eigenvalue weighted by Crippen LogP contribution is -2.24. The summed E-state index contributed by atoms with van der Waals surface area (Å²) in [7, 11) is 0. The smallest absolute Gasteiger partial charge is 0.0346 e. The molecule has 1 aromatic heterocycles. The van der Waals surface area contributed by atoms with Crippen molar-refractivity contribution < 1.29 is 0 Å². The largest absolute Gasteiger partial charge is 0.312 e. The predicted molar refractivity (Wildman–Crippen MR) is 65.2 cm³/mol. The van der Waals surface area contributed by atoms with Crippen LogP contribution in [0.2, 0.25) is 0 Å². The summed E-state index contributed by atoms with van der Waals surface area (Å²) in [5.74, 6) is 0. The molecule has 2 aromatic rings. The third-order valence-corrected chi connectivity index (χ3v) is 3.84. The second-order valence-electron chi connectivity index (χ2n) is 3.85. The Morgan fingerprint density at radius 1 is 1.13 bits per heavy atom. The number of benzene rings is 1. The van der Waals surface area contributed by atoms with Gasteiger partial charge in [-0.15, -0.1) is 11.3 Å². The number of nitrogens with one attached hydrogen (secondary N) is 1. The summed E-state index contributed by atoms with van der Waals surface area (Å²) in [5, 5.41) is 5.59. The first-order valence-corrected chi connectivity index (χ1v) is 6.18. The van der Waals surface area contributed by atoms with E-state index in [4.69, 9.17) is 0 Å². The molecular weight excluding hydrogens is 202 g/mol. The quantitative estimate of drug-likeness (QED) is 0.771. The summed E-state index contributed by atoms with van der Waals surface area (Å²) in [6.07, 6.45) is 1.16. The Morgan fingerprint density at radius 3 is 3.00 bits per heavy atom. The molecule has 1 nitrogen and oxygen atoms in total. The third kappa shape index (κ3) is 1.60. The lowest BCUT2D eigenvalue weighted by atomic mass is 9.95. The standard InChI is InChI=1S/C13H13NS/c1-3-10-6-7-14-9-12(10)11(4-1)13-5-2-8-15-13/h1-5,8,14H,6-7,9H2. The van der Waals surface area contributed by atoms with Gasteiger partial charge in [0.2, 0.25) is 0 Å². The van der Waals surface area contributed by atoms with Crippen LogP contribution in [0.3, 0.4) is 0 Å². The number of hydrogen-bond donors (Lipinski definition) is 1. The van der Waals surface area contributed by atoms with Crippen molar-refractivity contribution >= 4 is 11.3 Å². The van der Waals surface area contributed by atoms with Gasteiger partial charge in [-0.2, -0.15) is 0 Å². The van der Waals surface area contributed by atoms with Gasteiger partial charge in [-0.25, -0.2) is 0 Å². The molecule has 0 aliphatic carbocycles. The Balaban J connectivity index is 2.15. The van der Waals surface area contributed by atoms with Crippen molar-refractivity contribution in [3.05, 3.63) is 46.8 Å². The molecule has 3 rings (SSSR count). The average molecular weight is 215 g/mol. The van der Waals surface area contributed by atoms with Gasteiger partial charge in [0.15, 0.2) is 0 Å². The molecule has 1 N–H and O–H groups in total. The summed E-state index contributed by atoms with van der Waals surface area (Å²) < 4.78 is 0. The van der Waals surface area contributed by atoms with Gasteiger partial charge in [-0.3, -0.25) is 0 Å². The number of thiophene rings is 1. The first kappa shape index (κ1) is 9.13. The summed E-state index contributed by atoms with van der Waals surface area (Å²) in [6, 6.07) is 11.0. The van der Waals surface area contributed by atoms with Gasteiger partial charge >= 0.3 is 0 Å². The van der Waals surface area contributed by atoms with E-state index in [1.54, 1.807) is 0 Å². The van der Waals surface area contributed by atoms with Crippen molar-refractivity contribution in [2.75, 3.05) is 6.54 Å². The van der Waals surface area contributed by atoms with Gasteiger partial charge in [0.25, 0.3) is 0 Å². The van der Waals surface area contributed by atoms with Crippen LogP contribution in [0.15, 0.2) is 35.7 Å². The number of hydrogen-bond acceptors (Lipinski definition) is 2. The third-order valence-electron chi connectivity index (χ3n) is 2.93. The second kappa shape index (κ2) is 3.80. The molecule has 0 fully saturated rings. The van der Waals surface area contributed by atoms with E-state index in [0.29, 0.717) is 0 Å². The van der Waals surface area contributed by atoms with Crippen LogP contribution in [-0.2, 0) is 13.0 Å². The Morgan fingerprint density at radius 2 is 2.13 bits per heavy atom. The van der Waals surface area contributed by atoms with E-state index >= 15 is 0 Å². The van der Waals surface area contributed by atoms with Gasteiger partial charge in [0.1, 0.15) is 0 Å². The fourth-order valence-corrected chi connectivity index (χ4v) is 2.96. The van der Waals surface area contributed by atoms with Crippen LogP contribution in [0, 0.1) is 0 Å². The highest BCUT2D eigenvalue weighted by molar-refractivity contribution is 7.13. The molecule has 76 valence electrons. The van der Waals surface area contributed by atoms with Gasteiger partial charge < -0.3 is 5.32 Å². The highest BCUT2D eigenvalue weighted by atomic mass is 32.1. The normalized spacial score (nSPS) is 14.9. The minimum atomic E-state index is 1.02. The Kier molecular flexibility index (Phi) is 2.31. The Bertz CT molecular complexity index is 459. The fraction of sp³-hybridized carbons (Fsp3) is 0.231. The lowest BCUT2D eigenvalue weighted by Gasteiger charge is -2.19. The molecule has 0 saturated carbocycles. The van der Waals surface area contributed by atoms with Crippen molar-refractivity contribution in [2.24, 2.45) is 0 Å². The summed E-state index contributed by atoms with van der Waals surface area (Å²) in [4.78, 5) is 1.38. The minimum Gasteiger partial charge on any atom is -0.312 e. The van der Waals surface area contributed by atoms with Crippen LogP contribution in [0.4, 0.5) is 0 Å². The molecule has 0 bridgehead atoms. The summed E-state index contributed by atoms with van der Waals surface area (Å²) in [5.41, 5.74) is 4.42. The Hall–Kier alpha value is -1.12. The summed E-state index contributed by atoms with van der Waals surface area (Å²) >= 11 is 1.82. The molecule has 0 spiro atoms. The van der Waals surface area contributed by atoms with E-state index in [9.17, 15) is 0 Å². The van der Waals surface area contributed by atoms with Crippen molar-refractivity contribution in [3.8, 4) is 10.4 Å². The van der Waals surface area contributed by atoms with Crippen molar-refractivity contribution in [3.63, 3.8) is 0 Å². The predicted octanol–water partition coefficient (Wildman–Crippen LogP) is 3.06. The van der Waals surface area contributed by atoms with E-state index in [1.165, 1.54) is 21.6 Å². The molecule has 2 heteroatoms. The average Bonchev–Trinajstić information content (AvgIpc) is 2.82. The van der Waals surface area contributed by atoms with Gasteiger partial charge in [-0.1, -0.05) is 24.3 Å². The molecule has 1 aliphatic rings. The van der Waals surface area contributed by atoms with Crippen LogP contribution in [0.1, 0.15) is 11.1 Å². The maximum absolute atomic E-state index is 3.45. The molecule has 1 aliphatic heterocycles.